The molecule has 0 spiro atoms. The van der Waals surface area contributed by atoms with E-state index < -0.39 is 0 Å². The van der Waals surface area contributed by atoms with Gasteiger partial charge < -0.3 is 9.72 Å². The van der Waals surface area contributed by atoms with Gasteiger partial charge in [-0.05, 0) is 61.1 Å². The van der Waals surface area contributed by atoms with Gasteiger partial charge in [0.15, 0.2) is 5.43 Å². The number of benzene rings is 1. The van der Waals surface area contributed by atoms with E-state index in [0.29, 0.717) is 29.4 Å². The van der Waals surface area contributed by atoms with E-state index in [2.05, 4.69) is 44.5 Å². The Labute approximate surface area is 174 Å². The lowest BCUT2D eigenvalue weighted by molar-refractivity contribution is 0.126. The smallest absolute Gasteiger partial charge is 0.194 e. The largest absolute Gasteiger partial charge is 0.493 e. The highest BCUT2D eigenvalue weighted by Crippen LogP contribution is 2.52. The van der Waals surface area contributed by atoms with Gasteiger partial charge in [0, 0.05) is 41.3 Å². The highest BCUT2D eigenvalue weighted by atomic mass is 16.5. The molecule has 29 heavy (non-hydrogen) atoms. The number of aromatic amines is 1. The van der Waals surface area contributed by atoms with E-state index in [4.69, 9.17) is 4.74 Å². The summed E-state index contributed by atoms with van der Waals surface area (Å²) in [5.41, 5.74) is 3.71. The molecule has 2 heterocycles. The zero-order valence-electron chi connectivity index (χ0n) is 18.9. The van der Waals surface area contributed by atoms with Gasteiger partial charge in [-0.25, -0.2) is 0 Å². The molecule has 2 bridgehead atoms. The quantitative estimate of drug-likeness (QED) is 0.749. The average molecular weight is 397 g/mol. The van der Waals surface area contributed by atoms with E-state index in [9.17, 15) is 4.79 Å². The van der Waals surface area contributed by atoms with E-state index in [-0.39, 0.29) is 5.43 Å². The molecular formula is C25H36N2O2. The summed E-state index contributed by atoms with van der Waals surface area (Å²) in [4.78, 5) is 19.5. The van der Waals surface area contributed by atoms with Crippen molar-refractivity contribution in [2.45, 2.75) is 73.4 Å². The molecule has 1 aliphatic carbocycles. The lowest BCUT2D eigenvalue weighted by Gasteiger charge is -2.40. The van der Waals surface area contributed by atoms with Crippen LogP contribution in [0.1, 0.15) is 65.1 Å². The van der Waals surface area contributed by atoms with Crippen molar-refractivity contribution in [3.63, 3.8) is 0 Å². The number of hydrogen-bond acceptors (Lipinski definition) is 3. The molecule has 1 aromatic heterocycles. The second-order valence-corrected chi connectivity index (χ2v) is 11.1. The van der Waals surface area contributed by atoms with Crippen LogP contribution in [0.2, 0.25) is 0 Å². The molecule has 1 N–H and O–H groups in total. The fraction of sp³-hybridized carbons (Fsp3) is 0.640. The van der Waals surface area contributed by atoms with E-state index in [1.165, 1.54) is 19.3 Å². The first kappa shape index (κ1) is 20.5. The lowest BCUT2D eigenvalue weighted by Crippen LogP contribution is -2.35. The number of hydrogen-bond donors (Lipinski definition) is 1. The molecule has 2 aliphatic rings. The summed E-state index contributed by atoms with van der Waals surface area (Å²) < 4.78 is 5.86. The van der Waals surface area contributed by atoms with Crippen molar-refractivity contribution >= 4 is 10.9 Å². The Morgan fingerprint density at radius 2 is 2.00 bits per heavy atom. The van der Waals surface area contributed by atoms with Gasteiger partial charge in [0.25, 0.3) is 0 Å². The van der Waals surface area contributed by atoms with Crippen LogP contribution in [-0.4, -0.2) is 29.1 Å². The predicted octanol–water partition coefficient (Wildman–Crippen LogP) is 5.27. The number of aryl methyl sites for hydroxylation is 1. The summed E-state index contributed by atoms with van der Waals surface area (Å²) in [7, 11) is 0. The molecule has 2 aromatic rings. The average Bonchev–Trinajstić information content (AvgIpc) is 2.85. The molecule has 1 aromatic carbocycles. The van der Waals surface area contributed by atoms with Gasteiger partial charge in [0.05, 0.1) is 6.61 Å². The summed E-state index contributed by atoms with van der Waals surface area (Å²) in [6.45, 7) is 16.0. The third-order valence-electron chi connectivity index (χ3n) is 6.75. The fourth-order valence-corrected chi connectivity index (χ4v) is 5.94. The van der Waals surface area contributed by atoms with Crippen molar-refractivity contribution in [2.75, 3.05) is 13.2 Å². The maximum atomic E-state index is 13.4. The number of aromatic nitrogens is 1. The second-order valence-electron chi connectivity index (χ2n) is 11.1. The van der Waals surface area contributed by atoms with Crippen LogP contribution < -0.4 is 10.2 Å². The van der Waals surface area contributed by atoms with Crippen molar-refractivity contribution < 1.29 is 4.74 Å². The SMILES string of the molecule is Cc1[nH]c2ccc(OCC(C)C)cc2c(=O)c1CN1C[C@@]2(C)C[C@H]1CC(C)(C)C2. The van der Waals surface area contributed by atoms with Crippen LogP contribution in [0.15, 0.2) is 23.0 Å². The number of H-pyrrole nitrogens is 1. The number of rotatable bonds is 5. The summed E-state index contributed by atoms with van der Waals surface area (Å²) in [6, 6.07) is 6.41. The van der Waals surface area contributed by atoms with Crippen molar-refractivity contribution in [3.05, 3.63) is 39.7 Å². The summed E-state index contributed by atoms with van der Waals surface area (Å²) in [5.74, 6) is 1.23. The summed E-state index contributed by atoms with van der Waals surface area (Å²) >= 11 is 0. The van der Waals surface area contributed by atoms with Gasteiger partial charge in [-0.15, -0.1) is 0 Å². The van der Waals surface area contributed by atoms with Crippen molar-refractivity contribution in [3.8, 4) is 5.75 Å². The van der Waals surface area contributed by atoms with Crippen molar-refractivity contribution in [2.24, 2.45) is 16.7 Å². The zero-order valence-corrected chi connectivity index (χ0v) is 18.9. The minimum absolute atomic E-state index is 0.150. The molecule has 4 nitrogen and oxygen atoms in total. The number of likely N-dealkylation sites (tertiary alicyclic amines) is 1. The van der Waals surface area contributed by atoms with Gasteiger partial charge in [0.2, 0.25) is 0 Å². The summed E-state index contributed by atoms with van der Waals surface area (Å²) in [5, 5.41) is 0.737. The minimum Gasteiger partial charge on any atom is -0.493 e. The van der Waals surface area contributed by atoms with Crippen LogP contribution in [-0.2, 0) is 6.54 Å². The Hall–Kier alpha value is -1.81. The van der Waals surface area contributed by atoms with Crippen LogP contribution >= 0.6 is 0 Å². The molecule has 2 atom stereocenters. The van der Waals surface area contributed by atoms with Crippen molar-refractivity contribution in [1.82, 2.24) is 9.88 Å². The van der Waals surface area contributed by atoms with E-state index >= 15 is 0 Å². The van der Waals surface area contributed by atoms with Gasteiger partial charge >= 0.3 is 0 Å². The number of pyridine rings is 1. The number of fused-ring (bicyclic) bond motifs is 3. The Morgan fingerprint density at radius 1 is 1.24 bits per heavy atom. The first-order chi connectivity index (χ1) is 13.6. The third-order valence-corrected chi connectivity index (χ3v) is 6.75. The minimum atomic E-state index is 0.150. The maximum absolute atomic E-state index is 13.4. The first-order valence-corrected chi connectivity index (χ1v) is 11.1. The Bertz CT molecular complexity index is 975. The van der Waals surface area contributed by atoms with Gasteiger partial charge in [-0.1, -0.05) is 34.6 Å². The normalized spacial score (nSPS) is 26.4. The molecule has 1 aliphatic heterocycles. The summed E-state index contributed by atoms with van der Waals surface area (Å²) in [6.07, 6.45) is 3.76. The van der Waals surface area contributed by atoms with Crippen LogP contribution in [0.3, 0.4) is 0 Å². The molecule has 2 fully saturated rings. The Kier molecular flexibility index (Phi) is 5.05. The van der Waals surface area contributed by atoms with Gasteiger partial charge in [0.1, 0.15) is 5.75 Å². The van der Waals surface area contributed by atoms with Crippen LogP contribution in [0, 0.1) is 23.7 Å². The van der Waals surface area contributed by atoms with E-state index in [1.807, 2.05) is 25.1 Å². The van der Waals surface area contributed by atoms with Crippen LogP contribution in [0.4, 0.5) is 0 Å². The highest BCUT2D eigenvalue weighted by Gasteiger charge is 2.49. The monoisotopic (exact) mass is 396 g/mol. The van der Waals surface area contributed by atoms with Crippen LogP contribution in [0.25, 0.3) is 10.9 Å². The maximum Gasteiger partial charge on any atom is 0.194 e. The second kappa shape index (κ2) is 7.16. The zero-order chi connectivity index (χ0) is 21.0. The molecular weight excluding hydrogens is 360 g/mol. The van der Waals surface area contributed by atoms with E-state index in [0.717, 1.165) is 41.0 Å². The Morgan fingerprint density at radius 3 is 2.72 bits per heavy atom. The topological polar surface area (TPSA) is 45.3 Å². The predicted molar refractivity (Wildman–Crippen MR) is 120 cm³/mol. The molecule has 1 saturated heterocycles. The van der Waals surface area contributed by atoms with Gasteiger partial charge in [-0.2, -0.15) is 0 Å². The fourth-order valence-electron chi connectivity index (χ4n) is 5.94. The van der Waals surface area contributed by atoms with E-state index in [1.54, 1.807) is 0 Å². The van der Waals surface area contributed by atoms with Gasteiger partial charge in [-0.3, -0.25) is 9.69 Å². The number of nitrogens with one attached hydrogen (secondary N) is 1. The third kappa shape index (κ3) is 4.09. The number of nitrogens with zero attached hydrogens (tertiary/aromatic N) is 1. The van der Waals surface area contributed by atoms with Crippen LogP contribution in [0.5, 0.6) is 5.75 Å². The Balaban J connectivity index is 1.64. The molecule has 4 rings (SSSR count). The highest BCUT2D eigenvalue weighted by molar-refractivity contribution is 5.81. The molecule has 0 amide bonds. The lowest BCUT2D eigenvalue weighted by atomic mass is 9.65. The number of ether oxygens (including phenoxy) is 1. The molecule has 0 unspecified atom stereocenters. The standard InChI is InChI=1S/C25H36N2O2/c1-16(2)13-29-19-7-8-22-20(9-19)23(28)21(17(3)26-22)12-27-15-25(6)11-18(27)10-24(4,5)14-25/h7-9,16,18H,10-15H2,1-6H3,(H,26,28)/t18-,25+/m1/s1. The molecule has 0 radical (unpaired) electrons. The molecule has 1 saturated carbocycles. The molecule has 4 heteroatoms. The first-order valence-electron chi connectivity index (χ1n) is 11.1. The van der Waals surface area contributed by atoms with Crippen molar-refractivity contribution in [1.29, 1.82) is 0 Å². The molecule has 158 valence electrons.